The molecule has 0 aliphatic carbocycles. The van der Waals surface area contributed by atoms with Crippen LogP contribution >= 0.6 is 0 Å². The van der Waals surface area contributed by atoms with Crippen molar-refractivity contribution in [3.05, 3.63) is 30.3 Å². The lowest BCUT2D eigenvalue weighted by Crippen LogP contribution is -2.47. The topological polar surface area (TPSA) is 134 Å². The van der Waals surface area contributed by atoms with Crippen molar-refractivity contribution in [1.29, 1.82) is 0 Å². The van der Waals surface area contributed by atoms with Crippen molar-refractivity contribution in [3.8, 4) is 5.69 Å². The van der Waals surface area contributed by atoms with Gasteiger partial charge in [0, 0.05) is 6.42 Å². The summed E-state index contributed by atoms with van der Waals surface area (Å²) in [6.07, 6.45) is -1.48. The van der Waals surface area contributed by atoms with Gasteiger partial charge in [0.1, 0.15) is 0 Å². The molecule has 0 bridgehead atoms. The number of rotatable bonds is 6. The molecule has 0 unspecified atom stereocenters. The highest BCUT2D eigenvalue weighted by Gasteiger charge is 2.39. The van der Waals surface area contributed by atoms with Gasteiger partial charge in [0.15, 0.2) is 5.79 Å². The molecule has 0 radical (unpaired) electrons. The number of carbonyl (C=O) groups is 1. The second-order valence-corrected chi connectivity index (χ2v) is 8.63. The number of tetrazole rings is 1. The van der Waals surface area contributed by atoms with Gasteiger partial charge in [-0.2, -0.15) is 4.68 Å². The maximum Gasteiger partial charge on any atom is 0.305 e. The summed E-state index contributed by atoms with van der Waals surface area (Å²) in [5.41, 5.74) is 0.512. The number of hydrogen-bond donors (Lipinski definition) is 1. The number of para-hydroxylation sites is 1. The number of carboxylic acids is 1. The number of nitrogens with zero attached hydrogens (tertiary/aromatic N) is 4. The first-order valence-electron chi connectivity index (χ1n) is 8.30. The molecule has 3 rings (SSSR count). The molecule has 1 aromatic heterocycles. The van der Waals surface area contributed by atoms with E-state index in [1.54, 1.807) is 44.2 Å². The van der Waals surface area contributed by atoms with Crippen LogP contribution in [0.15, 0.2) is 35.5 Å². The summed E-state index contributed by atoms with van der Waals surface area (Å²) in [6.45, 7) is 3.24. The molecule has 0 amide bonds. The average Bonchev–Trinajstić information content (AvgIpc) is 3.03. The second-order valence-electron chi connectivity index (χ2n) is 6.70. The molecule has 146 valence electrons. The van der Waals surface area contributed by atoms with Crippen LogP contribution in [0.4, 0.5) is 0 Å². The van der Waals surface area contributed by atoms with E-state index in [0.717, 1.165) is 4.68 Å². The summed E-state index contributed by atoms with van der Waals surface area (Å²) < 4.78 is 38.2. The molecule has 1 saturated heterocycles. The van der Waals surface area contributed by atoms with Gasteiger partial charge >= 0.3 is 5.97 Å². The zero-order valence-electron chi connectivity index (χ0n) is 14.8. The molecule has 11 heteroatoms. The lowest BCUT2D eigenvalue weighted by Gasteiger charge is -2.40. The maximum atomic E-state index is 12.9. The van der Waals surface area contributed by atoms with Gasteiger partial charge in [0.05, 0.1) is 30.1 Å². The zero-order valence-corrected chi connectivity index (χ0v) is 15.7. The van der Waals surface area contributed by atoms with E-state index in [1.165, 1.54) is 0 Å². The summed E-state index contributed by atoms with van der Waals surface area (Å²) >= 11 is 0. The van der Waals surface area contributed by atoms with E-state index in [2.05, 4.69) is 15.5 Å². The van der Waals surface area contributed by atoms with Crippen molar-refractivity contribution < 1.29 is 27.8 Å². The van der Waals surface area contributed by atoms with E-state index >= 15 is 0 Å². The molecule has 27 heavy (non-hydrogen) atoms. The third-order valence-electron chi connectivity index (χ3n) is 3.95. The standard InChI is InChI=1S/C16H20N4O6S/c1-16(2)25-12(9-14(21)22)8-13(26-16)10-27(23,24)15-17-18-19-20(15)11-6-4-3-5-7-11/h3-7,12-13H,8-10H2,1-2H3,(H,21,22)/t12-,13+/m1/s1. The first-order chi connectivity index (χ1) is 12.7. The number of benzene rings is 1. The zero-order chi connectivity index (χ0) is 19.7. The van der Waals surface area contributed by atoms with Crippen LogP contribution < -0.4 is 0 Å². The number of ether oxygens (including phenoxy) is 2. The lowest BCUT2D eigenvalue weighted by molar-refractivity contribution is -0.295. The van der Waals surface area contributed by atoms with Gasteiger partial charge in [-0.05, 0) is 36.4 Å². The van der Waals surface area contributed by atoms with E-state index < -0.39 is 33.8 Å². The second kappa shape index (κ2) is 7.33. The van der Waals surface area contributed by atoms with Crippen molar-refractivity contribution in [1.82, 2.24) is 20.2 Å². The minimum absolute atomic E-state index is 0.141. The van der Waals surface area contributed by atoms with Gasteiger partial charge < -0.3 is 14.6 Å². The molecular formula is C16H20N4O6S. The Morgan fingerprint density at radius 3 is 2.59 bits per heavy atom. The van der Waals surface area contributed by atoms with Crippen LogP contribution in [0.1, 0.15) is 26.7 Å². The Kier molecular flexibility index (Phi) is 5.27. The van der Waals surface area contributed by atoms with Gasteiger partial charge in [-0.15, -0.1) is 0 Å². The molecule has 0 saturated carbocycles. The van der Waals surface area contributed by atoms with Gasteiger partial charge in [0.25, 0.3) is 5.16 Å². The molecule has 1 aliphatic rings. The molecule has 2 atom stereocenters. The van der Waals surface area contributed by atoms with Gasteiger partial charge in [-0.3, -0.25) is 4.79 Å². The summed E-state index contributed by atoms with van der Waals surface area (Å²) in [5.74, 6) is -2.50. The SMILES string of the molecule is CC1(C)O[C@@H](CC(=O)O)C[C@@H](CS(=O)(=O)c2nnnn2-c2ccccc2)O1. The fourth-order valence-electron chi connectivity index (χ4n) is 3.07. The van der Waals surface area contributed by atoms with E-state index in [-0.39, 0.29) is 23.8 Å². The fourth-order valence-corrected chi connectivity index (χ4v) is 4.47. The van der Waals surface area contributed by atoms with Crippen LogP contribution in [0.25, 0.3) is 5.69 Å². The Labute approximate surface area is 156 Å². The minimum atomic E-state index is -3.90. The quantitative estimate of drug-likeness (QED) is 0.753. The van der Waals surface area contributed by atoms with Crippen molar-refractivity contribution in [2.75, 3.05) is 5.75 Å². The van der Waals surface area contributed by atoms with Crippen LogP contribution in [0.5, 0.6) is 0 Å². The Bertz CT molecular complexity index is 912. The maximum absolute atomic E-state index is 12.9. The summed E-state index contributed by atoms with van der Waals surface area (Å²) in [5, 5.41) is 19.6. The summed E-state index contributed by atoms with van der Waals surface area (Å²) in [4.78, 5) is 11.0. The first-order valence-corrected chi connectivity index (χ1v) is 9.95. The number of aliphatic carboxylic acids is 1. The first kappa shape index (κ1) is 19.4. The van der Waals surface area contributed by atoms with Crippen LogP contribution in [0.2, 0.25) is 0 Å². The smallest absolute Gasteiger partial charge is 0.305 e. The molecule has 2 heterocycles. The van der Waals surface area contributed by atoms with Gasteiger partial charge in [-0.1, -0.05) is 23.3 Å². The third kappa shape index (κ3) is 4.67. The van der Waals surface area contributed by atoms with E-state index in [9.17, 15) is 13.2 Å². The Morgan fingerprint density at radius 2 is 1.93 bits per heavy atom. The molecule has 1 aromatic carbocycles. The molecule has 10 nitrogen and oxygen atoms in total. The number of hydrogen-bond acceptors (Lipinski definition) is 8. The highest BCUT2D eigenvalue weighted by atomic mass is 32.2. The lowest BCUT2D eigenvalue weighted by atomic mass is 10.1. The van der Waals surface area contributed by atoms with Crippen LogP contribution in [0, 0.1) is 0 Å². The van der Waals surface area contributed by atoms with Crippen molar-refractivity contribution in [3.63, 3.8) is 0 Å². The van der Waals surface area contributed by atoms with Crippen LogP contribution in [-0.4, -0.2) is 63.4 Å². The van der Waals surface area contributed by atoms with Crippen molar-refractivity contribution in [2.24, 2.45) is 0 Å². The summed E-state index contributed by atoms with van der Waals surface area (Å²) in [6, 6.07) is 8.66. The monoisotopic (exact) mass is 396 g/mol. The number of sulfone groups is 1. The van der Waals surface area contributed by atoms with Crippen LogP contribution in [-0.2, 0) is 24.1 Å². The van der Waals surface area contributed by atoms with E-state index in [4.69, 9.17) is 14.6 Å². The molecule has 1 N–H and O–H groups in total. The highest BCUT2D eigenvalue weighted by Crippen LogP contribution is 2.30. The summed E-state index contributed by atoms with van der Waals surface area (Å²) in [7, 11) is -3.90. The fraction of sp³-hybridized carbons (Fsp3) is 0.500. The Balaban J connectivity index is 1.83. The third-order valence-corrected chi connectivity index (χ3v) is 5.58. The number of aromatic nitrogens is 4. The Morgan fingerprint density at radius 1 is 1.26 bits per heavy atom. The predicted molar refractivity (Wildman–Crippen MR) is 91.9 cm³/mol. The van der Waals surface area contributed by atoms with E-state index in [0.29, 0.717) is 5.69 Å². The average molecular weight is 396 g/mol. The van der Waals surface area contributed by atoms with Crippen LogP contribution in [0.3, 0.4) is 0 Å². The number of carboxylic acid groups (broad SMARTS) is 1. The van der Waals surface area contributed by atoms with E-state index in [1.807, 2.05) is 0 Å². The van der Waals surface area contributed by atoms with Crippen molar-refractivity contribution in [2.45, 2.75) is 49.8 Å². The largest absolute Gasteiger partial charge is 0.481 e. The van der Waals surface area contributed by atoms with Crippen molar-refractivity contribution >= 4 is 15.8 Å². The molecule has 1 aliphatic heterocycles. The predicted octanol–water partition coefficient (Wildman–Crippen LogP) is 0.821. The molecular weight excluding hydrogens is 376 g/mol. The highest BCUT2D eigenvalue weighted by molar-refractivity contribution is 7.91. The van der Waals surface area contributed by atoms with Gasteiger partial charge in [0.2, 0.25) is 9.84 Å². The minimum Gasteiger partial charge on any atom is -0.481 e. The Hall–Kier alpha value is -2.37. The molecule has 2 aromatic rings. The normalized spacial score (nSPS) is 22.4. The molecule has 0 spiro atoms. The molecule has 1 fully saturated rings. The van der Waals surface area contributed by atoms with Gasteiger partial charge in [-0.25, -0.2) is 8.42 Å².